The van der Waals surface area contributed by atoms with E-state index in [0.717, 1.165) is 6.66 Å². The quantitative estimate of drug-likeness (QED) is 0.401. The average Bonchev–Trinajstić information content (AvgIpc) is 1.20. The van der Waals surface area contributed by atoms with E-state index in [1.54, 1.807) is 19.6 Å². The first-order valence-corrected chi connectivity index (χ1v) is 9.65. The van der Waals surface area contributed by atoms with Gasteiger partial charge in [-0.05, 0) is 0 Å². The van der Waals surface area contributed by atoms with E-state index in [1.165, 1.54) is 0 Å². The summed E-state index contributed by atoms with van der Waals surface area (Å²) >= 11 is 0. The third-order valence-corrected chi connectivity index (χ3v) is 14.1. The van der Waals surface area contributed by atoms with Crippen LogP contribution in [-0.4, -0.2) is 29.1 Å². The molecule has 0 fully saturated rings. The maximum absolute atomic E-state index is 9.12. The van der Waals surface area contributed by atoms with E-state index in [9.17, 15) is 0 Å². The van der Waals surface area contributed by atoms with Crippen LogP contribution in [0.5, 0.6) is 0 Å². The number of hydrogen-bond donors (Lipinski definition) is 3. The van der Waals surface area contributed by atoms with Crippen molar-refractivity contribution < 1.29 is 14.7 Å². The molecular formula is C4H15O3PSi. The molecule has 0 saturated carbocycles. The van der Waals surface area contributed by atoms with Gasteiger partial charge in [-0.1, -0.05) is 0 Å². The van der Waals surface area contributed by atoms with Crippen molar-refractivity contribution in [2.45, 2.75) is 19.6 Å². The molecule has 0 aliphatic rings. The zero-order chi connectivity index (χ0) is 7.95. The van der Waals surface area contributed by atoms with Crippen LogP contribution < -0.4 is 0 Å². The fourth-order valence-corrected chi connectivity index (χ4v) is 0. The van der Waals surface area contributed by atoms with Crippen LogP contribution in [0.25, 0.3) is 0 Å². The second kappa shape index (κ2) is 1.77. The molecule has 0 aliphatic heterocycles. The van der Waals surface area contributed by atoms with E-state index in [1.807, 2.05) is 0 Å². The molecule has 0 aromatic carbocycles. The Morgan fingerprint density at radius 1 is 1.00 bits per heavy atom. The van der Waals surface area contributed by atoms with E-state index >= 15 is 0 Å². The van der Waals surface area contributed by atoms with Crippen molar-refractivity contribution in [3.8, 4) is 0 Å². The van der Waals surface area contributed by atoms with Crippen LogP contribution in [0.3, 0.4) is 0 Å². The predicted molar refractivity (Wildman–Crippen MR) is 42.8 cm³/mol. The second-order valence-electron chi connectivity index (χ2n) is 3.56. The van der Waals surface area contributed by atoms with Crippen molar-refractivity contribution in [2.75, 3.05) is 6.66 Å². The Morgan fingerprint density at radius 3 is 1.11 bits per heavy atom. The van der Waals surface area contributed by atoms with Gasteiger partial charge in [0.25, 0.3) is 0 Å². The summed E-state index contributed by atoms with van der Waals surface area (Å²) in [6.07, 6.45) is 0. The number of rotatable bonds is 1. The van der Waals surface area contributed by atoms with Crippen molar-refractivity contribution >= 4 is 14.6 Å². The fraction of sp³-hybridized carbons (Fsp3) is 1.00. The van der Waals surface area contributed by atoms with Gasteiger partial charge in [-0.15, -0.1) is 0 Å². The Labute approximate surface area is 56.4 Å². The molecule has 0 amide bonds. The van der Waals surface area contributed by atoms with E-state index in [4.69, 9.17) is 14.7 Å². The molecule has 0 atom stereocenters. The molecule has 0 aromatic rings. The maximum atomic E-state index is 9.12. The van der Waals surface area contributed by atoms with Gasteiger partial charge < -0.3 is 0 Å². The third-order valence-electron chi connectivity index (χ3n) is 1.57. The van der Waals surface area contributed by atoms with E-state index < -0.39 is 14.6 Å². The Kier molecular flexibility index (Phi) is 1.87. The minimum atomic E-state index is -4.18. The van der Waals surface area contributed by atoms with Crippen molar-refractivity contribution in [2.24, 2.45) is 0 Å². The van der Waals surface area contributed by atoms with Gasteiger partial charge in [0.05, 0.1) is 0 Å². The van der Waals surface area contributed by atoms with Crippen molar-refractivity contribution in [1.82, 2.24) is 0 Å². The van der Waals surface area contributed by atoms with Gasteiger partial charge in [0.15, 0.2) is 0 Å². The van der Waals surface area contributed by atoms with Gasteiger partial charge in [0.1, 0.15) is 0 Å². The summed E-state index contributed by atoms with van der Waals surface area (Å²) in [6.45, 7) is 2.16. The van der Waals surface area contributed by atoms with Crippen LogP contribution in [0, 0.1) is 0 Å². The molecule has 0 aromatic heterocycles. The molecule has 0 saturated heterocycles. The van der Waals surface area contributed by atoms with E-state index in [-0.39, 0.29) is 0 Å². The van der Waals surface area contributed by atoms with Gasteiger partial charge >= 0.3 is 55.6 Å². The molecule has 0 rings (SSSR count). The molecule has 3 N–H and O–H groups in total. The third kappa shape index (κ3) is 2.31. The molecule has 0 bridgehead atoms. The first kappa shape index (κ1) is 9.53. The molecule has 5 heteroatoms. The van der Waals surface area contributed by atoms with Gasteiger partial charge in [-0.3, -0.25) is 0 Å². The SMILES string of the molecule is C[Si](C)(C)P(C)(O)(O)O. The first-order chi connectivity index (χ1) is 3.51. The van der Waals surface area contributed by atoms with Crippen molar-refractivity contribution in [1.29, 1.82) is 0 Å². The topological polar surface area (TPSA) is 60.7 Å². The molecular weight excluding hydrogens is 155 g/mol. The summed E-state index contributed by atoms with van der Waals surface area (Å²) in [5, 5.41) is 0. The molecule has 0 radical (unpaired) electrons. The van der Waals surface area contributed by atoms with Crippen LogP contribution in [0.15, 0.2) is 0 Å². The monoisotopic (exact) mass is 170 g/mol. The zero-order valence-corrected chi connectivity index (χ0v) is 8.18. The number of hydrogen-bond acceptors (Lipinski definition) is 3. The predicted octanol–water partition coefficient (Wildman–Crippen LogP) is 0.726. The van der Waals surface area contributed by atoms with Gasteiger partial charge in [-0.25, -0.2) is 0 Å². The Bertz CT molecular complexity index is 111. The molecule has 0 heterocycles. The van der Waals surface area contributed by atoms with Crippen LogP contribution in [0.4, 0.5) is 0 Å². The summed E-state index contributed by atoms with van der Waals surface area (Å²) in [5.74, 6) is 0. The summed E-state index contributed by atoms with van der Waals surface area (Å²) < 4.78 is 0. The van der Waals surface area contributed by atoms with Gasteiger partial charge in [0.2, 0.25) is 0 Å². The molecule has 3 nitrogen and oxygen atoms in total. The molecule has 58 valence electrons. The van der Waals surface area contributed by atoms with Crippen LogP contribution >= 0.6 is 6.83 Å². The average molecular weight is 170 g/mol. The normalized spacial score (nSPS) is 18.8. The van der Waals surface area contributed by atoms with Crippen molar-refractivity contribution in [3.63, 3.8) is 0 Å². The summed E-state index contributed by atoms with van der Waals surface area (Å²) in [6, 6.07) is 0. The minimum absolute atomic E-state index is 1.15. The first-order valence-electron chi connectivity index (χ1n) is 2.77. The van der Waals surface area contributed by atoms with Crippen LogP contribution in [-0.2, 0) is 0 Å². The van der Waals surface area contributed by atoms with Gasteiger partial charge in [0, 0.05) is 0 Å². The zero-order valence-electron chi connectivity index (χ0n) is 6.29. The Hall–Kier alpha value is 0.527. The molecule has 0 aliphatic carbocycles. The summed E-state index contributed by atoms with van der Waals surface area (Å²) in [7, 11) is -2.19. The van der Waals surface area contributed by atoms with E-state index in [2.05, 4.69) is 0 Å². The fourth-order valence-electron chi connectivity index (χ4n) is 0. The molecule has 9 heavy (non-hydrogen) atoms. The summed E-state index contributed by atoms with van der Waals surface area (Å²) in [4.78, 5) is 27.4. The van der Waals surface area contributed by atoms with Crippen molar-refractivity contribution in [3.05, 3.63) is 0 Å². The van der Waals surface area contributed by atoms with Gasteiger partial charge in [-0.2, -0.15) is 0 Å². The van der Waals surface area contributed by atoms with Crippen LogP contribution in [0.2, 0.25) is 19.6 Å². The summed E-state index contributed by atoms with van der Waals surface area (Å²) in [5.41, 5.74) is 0. The molecule has 0 unspecified atom stereocenters. The molecule has 0 spiro atoms. The standard InChI is InChI=1S/C4H15O3PSi/c1-8(5,6,7)9(2,3)4/h5-7H,1-4H3. The Morgan fingerprint density at radius 2 is 1.11 bits per heavy atom. The van der Waals surface area contributed by atoms with E-state index in [0.29, 0.717) is 0 Å². The van der Waals surface area contributed by atoms with Crippen LogP contribution in [0.1, 0.15) is 0 Å². The second-order valence-corrected chi connectivity index (χ2v) is 17.9. The Balaban J connectivity index is 4.56.